The highest BCUT2D eigenvalue weighted by molar-refractivity contribution is 5.97. The summed E-state index contributed by atoms with van der Waals surface area (Å²) in [6.07, 6.45) is 1.19. The Hall–Kier alpha value is -4.00. The number of pyridine rings is 2. The molecule has 0 spiro atoms. The molecule has 39 heavy (non-hydrogen) atoms. The number of aliphatic hydroxyl groups excluding tert-OH is 2. The highest BCUT2D eigenvalue weighted by atomic mass is 16.6. The molecule has 206 valence electrons. The maximum Gasteiger partial charge on any atom is 0.414 e. The SMILES string of the molecule is COc1ccc2nccc(CCN(CCC3CN(c4ccc5c(c4)NC(=O)CO5)C(=O)O3)C[C@@H](O)CO)c2n1. The predicted octanol–water partition coefficient (Wildman–Crippen LogP) is 1.58. The van der Waals surface area contributed by atoms with E-state index in [1.807, 2.05) is 17.0 Å². The normalized spacial score (nSPS) is 17.5. The lowest BCUT2D eigenvalue weighted by Gasteiger charge is -2.25. The average Bonchev–Trinajstić information content (AvgIpc) is 3.33. The Kier molecular flexibility index (Phi) is 8.05. The highest BCUT2D eigenvalue weighted by Gasteiger charge is 2.33. The molecule has 0 bridgehead atoms. The van der Waals surface area contributed by atoms with Crippen molar-refractivity contribution in [3.8, 4) is 11.6 Å². The summed E-state index contributed by atoms with van der Waals surface area (Å²) in [5, 5.41) is 22.3. The van der Waals surface area contributed by atoms with Crippen molar-refractivity contribution in [3.63, 3.8) is 0 Å². The Morgan fingerprint density at radius 3 is 2.92 bits per heavy atom. The van der Waals surface area contributed by atoms with E-state index in [2.05, 4.69) is 15.3 Å². The number of nitrogens with one attached hydrogen (secondary N) is 1. The average molecular weight is 538 g/mol. The number of nitrogens with zero attached hydrogens (tertiary/aromatic N) is 4. The number of benzene rings is 1. The molecule has 1 saturated heterocycles. The van der Waals surface area contributed by atoms with Gasteiger partial charge < -0.3 is 34.6 Å². The summed E-state index contributed by atoms with van der Waals surface area (Å²) in [5.41, 5.74) is 3.63. The van der Waals surface area contributed by atoms with Gasteiger partial charge in [0.05, 0.1) is 43.1 Å². The molecule has 5 rings (SSSR count). The Bertz CT molecular complexity index is 1350. The highest BCUT2D eigenvalue weighted by Crippen LogP contribution is 2.33. The first-order valence-corrected chi connectivity index (χ1v) is 12.8. The van der Waals surface area contributed by atoms with Gasteiger partial charge in [-0.05, 0) is 48.7 Å². The molecule has 12 nitrogen and oxygen atoms in total. The van der Waals surface area contributed by atoms with Crippen LogP contribution in [0.4, 0.5) is 16.2 Å². The fourth-order valence-electron chi connectivity index (χ4n) is 4.75. The number of hydrogen-bond acceptors (Lipinski definition) is 10. The van der Waals surface area contributed by atoms with Crippen molar-refractivity contribution in [2.45, 2.75) is 25.0 Å². The summed E-state index contributed by atoms with van der Waals surface area (Å²) in [6, 6.07) is 10.7. The van der Waals surface area contributed by atoms with Crippen molar-refractivity contribution in [2.75, 3.05) is 56.7 Å². The van der Waals surface area contributed by atoms with Gasteiger partial charge in [-0.2, -0.15) is 0 Å². The summed E-state index contributed by atoms with van der Waals surface area (Å²) in [4.78, 5) is 36.8. The van der Waals surface area contributed by atoms with Crippen LogP contribution in [0.2, 0.25) is 0 Å². The van der Waals surface area contributed by atoms with E-state index in [4.69, 9.17) is 14.2 Å². The van der Waals surface area contributed by atoms with Crippen LogP contribution in [0.15, 0.2) is 42.6 Å². The lowest BCUT2D eigenvalue weighted by atomic mass is 10.1. The van der Waals surface area contributed by atoms with Crippen molar-refractivity contribution in [3.05, 3.63) is 48.2 Å². The van der Waals surface area contributed by atoms with E-state index in [1.165, 1.54) is 4.90 Å². The fourth-order valence-corrected chi connectivity index (χ4v) is 4.75. The summed E-state index contributed by atoms with van der Waals surface area (Å²) >= 11 is 0. The van der Waals surface area contributed by atoms with Gasteiger partial charge in [0.1, 0.15) is 11.9 Å². The van der Waals surface area contributed by atoms with E-state index < -0.39 is 12.2 Å². The van der Waals surface area contributed by atoms with Crippen molar-refractivity contribution < 1.29 is 34.0 Å². The first kappa shape index (κ1) is 26.6. The molecule has 12 heteroatoms. The number of aromatic nitrogens is 2. The second-order valence-corrected chi connectivity index (χ2v) is 9.50. The molecular formula is C27H31N5O7. The molecule has 0 aliphatic carbocycles. The summed E-state index contributed by atoms with van der Waals surface area (Å²) in [5.74, 6) is 0.809. The van der Waals surface area contributed by atoms with Crippen molar-refractivity contribution >= 4 is 34.4 Å². The Morgan fingerprint density at radius 1 is 1.23 bits per heavy atom. The molecular weight excluding hydrogens is 506 g/mol. The van der Waals surface area contributed by atoms with Crippen LogP contribution in [0.5, 0.6) is 11.6 Å². The summed E-state index contributed by atoms with van der Waals surface area (Å²) in [6.45, 7) is 1.36. The number of anilines is 2. The zero-order valence-corrected chi connectivity index (χ0v) is 21.6. The number of methoxy groups -OCH3 is 1. The third-order valence-corrected chi connectivity index (χ3v) is 6.78. The standard InChI is InChI=1S/C27H31N5O7/c1-37-25-5-3-21-26(30-25)17(6-9-28-21)7-10-31(13-19(34)15-33)11-8-20-14-32(27(36)39-20)18-2-4-23-22(12-18)29-24(35)16-38-23/h2-6,9,12,19-20,33-34H,7-8,10-11,13-16H2,1H3,(H,29,35)/t19-,20?/m1/s1. The smallest absolute Gasteiger partial charge is 0.414 e. The van der Waals surface area contributed by atoms with Crippen molar-refractivity contribution in [1.82, 2.24) is 14.9 Å². The molecule has 3 N–H and O–H groups in total. The van der Waals surface area contributed by atoms with E-state index in [0.29, 0.717) is 55.5 Å². The van der Waals surface area contributed by atoms with Gasteiger partial charge >= 0.3 is 6.09 Å². The molecule has 3 aromatic rings. The molecule has 1 unspecified atom stereocenters. The van der Waals surface area contributed by atoms with Crippen LogP contribution in [0, 0.1) is 0 Å². The lowest BCUT2D eigenvalue weighted by molar-refractivity contribution is -0.118. The van der Waals surface area contributed by atoms with Crippen molar-refractivity contribution in [1.29, 1.82) is 0 Å². The van der Waals surface area contributed by atoms with Crippen LogP contribution in [-0.2, 0) is 16.0 Å². The summed E-state index contributed by atoms with van der Waals surface area (Å²) in [7, 11) is 1.57. The number of carbonyl (C=O) groups is 2. The molecule has 2 aliphatic rings. The van der Waals surface area contributed by atoms with Gasteiger partial charge in [-0.1, -0.05) is 0 Å². The maximum absolute atomic E-state index is 12.6. The molecule has 1 fully saturated rings. The van der Waals surface area contributed by atoms with Gasteiger partial charge in [-0.25, -0.2) is 9.78 Å². The minimum atomic E-state index is -0.895. The van der Waals surface area contributed by atoms with E-state index in [1.54, 1.807) is 37.6 Å². The lowest BCUT2D eigenvalue weighted by Crippen LogP contribution is -2.38. The number of cyclic esters (lactones) is 1. The van der Waals surface area contributed by atoms with Crippen LogP contribution in [0.3, 0.4) is 0 Å². The minimum absolute atomic E-state index is 0.0380. The van der Waals surface area contributed by atoms with Gasteiger partial charge in [0.2, 0.25) is 5.88 Å². The second-order valence-electron chi connectivity index (χ2n) is 9.50. The number of ether oxygens (including phenoxy) is 3. The third-order valence-electron chi connectivity index (χ3n) is 6.78. The van der Waals surface area contributed by atoms with Crippen LogP contribution >= 0.6 is 0 Å². The zero-order chi connectivity index (χ0) is 27.4. The van der Waals surface area contributed by atoms with Crippen LogP contribution in [-0.4, -0.2) is 95.8 Å². The third kappa shape index (κ3) is 6.19. The predicted molar refractivity (Wildman–Crippen MR) is 142 cm³/mol. The number of rotatable bonds is 11. The Labute approximate surface area is 225 Å². The fraction of sp³-hybridized carbons (Fsp3) is 0.407. The van der Waals surface area contributed by atoms with E-state index in [0.717, 1.165) is 16.6 Å². The zero-order valence-electron chi connectivity index (χ0n) is 21.6. The second kappa shape index (κ2) is 11.8. The first-order valence-electron chi connectivity index (χ1n) is 12.8. The molecule has 2 aliphatic heterocycles. The van der Waals surface area contributed by atoms with Crippen molar-refractivity contribution in [2.24, 2.45) is 0 Å². The minimum Gasteiger partial charge on any atom is -0.482 e. The van der Waals surface area contributed by atoms with Gasteiger partial charge in [0.25, 0.3) is 5.91 Å². The monoisotopic (exact) mass is 537 g/mol. The topological polar surface area (TPSA) is 147 Å². The van der Waals surface area contributed by atoms with Crippen LogP contribution in [0.1, 0.15) is 12.0 Å². The molecule has 2 atom stereocenters. The van der Waals surface area contributed by atoms with E-state index >= 15 is 0 Å². The number of fused-ring (bicyclic) bond motifs is 2. The number of aliphatic hydroxyl groups is 2. The number of amides is 2. The largest absolute Gasteiger partial charge is 0.482 e. The van der Waals surface area contributed by atoms with Gasteiger partial charge in [-0.3, -0.25) is 14.7 Å². The quantitative estimate of drug-likeness (QED) is 0.329. The van der Waals surface area contributed by atoms with Crippen LogP contribution in [0.25, 0.3) is 11.0 Å². The van der Waals surface area contributed by atoms with Crippen LogP contribution < -0.4 is 19.7 Å². The van der Waals surface area contributed by atoms with E-state index in [-0.39, 0.29) is 31.8 Å². The molecule has 1 aromatic carbocycles. The first-order chi connectivity index (χ1) is 18.9. The molecule has 2 aromatic heterocycles. The van der Waals surface area contributed by atoms with Gasteiger partial charge in [0.15, 0.2) is 6.61 Å². The van der Waals surface area contributed by atoms with E-state index in [9.17, 15) is 19.8 Å². The number of carbonyl (C=O) groups excluding carboxylic acids is 2. The molecule has 2 amide bonds. The number of hydrogen-bond donors (Lipinski definition) is 3. The summed E-state index contributed by atoms with van der Waals surface area (Å²) < 4.78 is 16.3. The molecule has 0 radical (unpaired) electrons. The van der Waals surface area contributed by atoms with Gasteiger partial charge in [0, 0.05) is 37.6 Å². The molecule has 0 saturated carbocycles. The molecule has 4 heterocycles. The maximum atomic E-state index is 12.6. The van der Waals surface area contributed by atoms with Gasteiger partial charge in [-0.15, -0.1) is 0 Å². The Balaban J connectivity index is 1.22. The Morgan fingerprint density at radius 2 is 2.10 bits per heavy atom.